The van der Waals surface area contributed by atoms with Gasteiger partial charge in [0.1, 0.15) is 18.1 Å². The molecule has 41 heavy (non-hydrogen) atoms. The standard InChI is InChI=1S/C25H33N7O9/c1-12(30-23(38)16(26)7-14-9-27-17-6-4-3-5-15(14)17)22(37)29-10-19(33)28-11-20(34)32-18(8-21(35)36)24(39)31-13(2)25(40)41/h3-6,9,12-13,16,18,27H,7-8,10-11,26H2,1-2H3,(H,28,33)(H,29,37)(H,30,38)(H,31,39)(H,32,34)(H,35,36)(H,40,41)/t12-,13-,16-,18-/m0/s1. The minimum Gasteiger partial charge on any atom is -0.481 e. The molecule has 1 aromatic heterocycles. The average molecular weight is 576 g/mol. The Kier molecular flexibility index (Phi) is 11.8. The van der Waals surface area contributed by atoms with Crippen molar-refractivity contribution in [2.45, 2.75) is 50.9 Å². The van der Waals surface area contributed by atoms with E-state index in [0.717, 1.165) is 23.4 Å². The number of H-pyrrole nitrogens is 1. The first-order valence-electron chi connectivity index (χ1n) is 12.5. The monoisotopic (exact) mass is 575 g/mol. The highest BCUT2D eigenvalue weighted by Gasteiger charge is 2.27. The lowest BCUT2D eigenvalue weighted by molar-refractivity contribution is -0.143. The van der Waals surface area contributed by atoms with E-state index in [9.17, 15) is 33.6 Å². The van der Waals surface area contributed by atoms with Gasteiger partial charge in [-0.15, -0.1) is 0 Å². The van der Waals surface area contributed by atoms with Gasteiger partial charge in [-0.25, -0.2) is 0 Å². The van der Waals surface area contributed by atoms with Gasteiger partial charge in [-0.3, -0.25) is 33.6 Å². The van der Waals surface area contributed by atoms with Crippen molar-refractivity contribution in [2.75, 3.05) is 13.1 Å². The molecule has 0 aliphatic heterocycles. The number of rotatable bonds is 15. The number of para-hydroxylation sites is 1. The second kappa shape index (κ2) is 15.0. The van der Waals surface area contributed by atoms with Crippen LogP contribution in [0.25, 0.3) is 10.9 Å². The van der Waals surface area contributed by atoms with Gasteiger partial charge >= 0.3 is 11.9 Å². The van der Waals surface area contributed by atoms with Gasteiger partial charge in [-0.1, -0.05) is 18.2 Å². The molecule has 1 heterocycles. The number of carboxylic acid groups (broad SMARTS) is 2. The van der Waals surface area contributed by atoms with E-state index in [2.05, 4.69) is 26.3 Å². The number of carbonyl (C=O) groups is 7. The van der Waals surface area contributed by atoms with E-state index in [1.54, 1.807) is 6.20 Å². The van der Waals surface area contributed by atoms with Crippen LogP contribution in [0.4, 0.5) is 0 Å². The number of fused-ring (bicyclic) bond motifs is 1. The van der Waals surface area contributed by atoms with Gasteiger partial charge < -0.3 is 47.5 Å². The lowest BCUT2D eigenvalue weighted by Gasteiger charge is -2.19. The summed E-state index contributed by atoms with van der Waals surface area (Å²) >= 11 is 0. The Balaban J connectivity index is 1.76. The van der Waals surface area contributed by atoms with Crippen molar-refractivity contribution in [2.24, 2.45) is 5.73 Å². The van der Waals surface area contributed by atoms with Gasteiger partial charge in [0, 0.05) is 17.1 Å². The second-order valence-electron chi connectivity index (χ2n) is 9.18. The summed E-state index contributed by atoms with van der Waals surface area (Å²) in [4.78, 5) is 86.1. The molecule has 0 saturated carbocycles. The first-order valence-corrected chi connectivity index (χ1v) is 12.5. The van der Waals surface area contributed by atoms with E-state index < -0.39 is 85.2 Å². The molecule has 222 valence electrons. The van der Waals surface area contributed by atoms with Crippen molar-refractivity contribution in [3.63, 3.8) is 0 Å². The van der Waals surface area contributed by atoms with Crippen LogP contribution in [0.3, 0.4) is 0 Å². The maximum atomic E-state index is 12.5. The third kappa shape index (κ3) is 10.2. The minimum atomic E-state index is -1.59. The Morgan fingerprint density at radius 1 is 0.829 bits per heavy atom. The van der Waals surface area contributed by atoms with E-state index in [1.165, 1.54) is 6.92 Å². The number of amides is 5. The highest BCUT2D eigenvalue weighted by Crippen LogP contribution is 2.18. The third-order valence-electron chi connectivity index (χ3n) is 5.83. The molecule has 2 rings (SSSR count). The third-order valence-corrected chi connectivity index (χ3v) is 5.83. The predicted octanol–water partition coefficient (Wildman–Crippen LogP) is -2.68. The molecule has 0 aliphatic rings. The molecule has 0 spiro atoms. The minimum absolute atomic E-state index is 0.224. The number of aliphatic carboxylic acids is 2. The highest BCUT2D eigenvalue weighted by atomic mass is 16.4. The number of hydrogen-bond acceptors (Lipinski definition) is 8. The van der Waals surface area contributed by atoms with Gasteiger partial charge in [0.15, 0.2) is 0 Å². The van der Waals surface area contributed by atoms with E-state index in [1.807, 2.05) is 29.6 Å². The molecule has 0 radical (unpaired) electrons. The molecule has 4 atom stereocenters. The molecular weight excluding hydrogens is 542 g/mol. The van der Waals surface area contributed by atoms with Gasteiger partial charge in [-0.05, 0) is 31.9 Å². The predicted molar refractivity (Wildman–Crippen MR) is 143 cm³/mol. The zero-order chi connectivity index (χ0) is 30.7. The van der Waals surface area contributed by atoms with Crippen LogP contribution in [0, 0.1) is 0 Å². The molecular formula is C25H33N7O9. The fraction of sp³-hybridized carbons (Fsp3) is 0.400. The SMILES string of the molecule is C[C@H](NC(=O)[C@H](CC(=O)O)NC(=O)CNC(=O)CNC(=O)[C@H](C)NC(=O)[C@@H](N)Cc1c[nH]c2ccccc12)C(=O)O. The fourth-order valence-corrected chi connectivity index (χ4v) is 3.58. The van der Waals surface area contributed by atoms with Crippen LogP contribution in [-0.2, 0) is 40.0 Å². The smallest absolute Gasteiger partial charge is 0.325 e. The maximum Gasteiger partial charge on any atom is 0.325 e. The summed E-state index contributed by atoms with van der Waals surface area (Å²) in [5.74, 6) is -6.82. The van der Waals surface area contributed by atoms with Gasteiger partial charge in [0.25, 0.3) is 0 Å². The Bertz CT molecular complexity index is 1310. The van der Waals surface area contributed by atoms with Crippen molar-refractivity contribution in [3.05, 3.63) is 36.0 Å². The van der Waals surface area contributed by atoms with Crippen LogP contribution < -0.4 is 32.3 Å². The number of nitrogens with two attached hydrogens (primary N) is 1. The number of carbonyl (C=O) groups excluding carboxylic acids is 5. The van der Waals surface area contributed by atoms with Crippen LogP contribution in [0.15, 0.2) is 30.5 Å². The first kappa shape index (κ1) is 32.2. The number of benzene rings is 1. The summed E-state index contributed by atoms with van der Waals surface area (Å²) in [7, 11) is 0. The molecule has 10 N–H and O–H groups in total. The molecule has 2 aromatic rings. The van der Waals surface area contributed by atoms with Gasteiger partial charge in [-0.2, -0.15) is 0 Å². The van der Waals surface area contributed by atoms with Gasteiger partial charge in [0.2, 0.25) is 29.5 Å². The number of carboxylic acids is 2. The summed E-state index contributed by atoms with van der Waals surface area (Å²) in [5, 5.41) is 29.9. The lowest BCUT2D eigenvalue weighted by Crippen LogP contribution is -2.54. The van der Waals surface area contributed by atoms with Crippen molar-refractivity contribution in [1.82, 2.24) is 31.6 Å². The largest absolute Gasteiger partial charge is 0.481 e. The van der Waals surface area contributed by atoms with Crippen molar-refractivity contribution in [1.29, 1.82) is 0 Å². The Hall–Kier alpha value is -4.99. The number of hydrogen-bond donors (Lipinski definition) is 9. The van der Waals surface area contributed by atoms with Crippen LogP contribution in [-0.4, -0.2) is 93.9 Å². The molecule has 5 amide bonds. The number of aromatic amines is 1. The second-order valence-corrected chi connectivity index (χ2v) is 9.18. The summed E-state index contributed by atoms with van der Waals surface area (Å²) in [5.41, 5.74) is 7.75. The van der Waals surface area contributed by atoms with Gasteiger partial charge in [0.05, 0.1) is 25.6 Å². The molecule has 16 nitrogen and oxygen atoms in total. The maximum absolute atomic E-state index is 12.5. The first-order chi connectivity index (χ1) is 19.3. The zero-order valence-electron chi connectivity index (χ0n) is 22.4. The van der Waals surface area contributed by atoms with E-state index >= 15 is 0 Å². The molecule has 16 heteroatoms. The molecule has 1 aromatic carbocycles. The van der Waals surface area contributed by atoms with Crippen LogP contribution >= 0.6 is 0 Å². The summed E-state index contributed by atoms with van der Waals surface area (Å²) in [6, 6.07) is 2.62. The fourth-order valence-electron chi connectivity index (χ4n) is 3.58. The quantitative estimate of drug-likeness (QED) is 0.106. The Labute approximate surface area is 233 Å². The van der Waals surface area contributed by atoms with Crippen molar-refractivity contribution >= 4 is 52.4 Å². The summed E-state index contributed by atoms with van der Waals surface area (Å²) in [6.45, 7) is 1.33. The lowest BCUT2D eigenvalue weighted by atomic mass is 10.0. The molecule has 0 fully saturated rings. The van der Waals surface area contributed by atoms with E-state index in [4.69, 9.17) is 15.9 Å². The van der Waals surface area contributed by atoms with E-state index in [0.29, 0.717) is 0 Å². The molecule has 0 saturated heterocycles. The normalized spacial score (nSPS) is 13.6. The molecule has 0 bridgehead atoms. The van der Waals surface area contributed by atoms with Crippen LogP contribution in [0.2, 0.25) is 0 Å². The Morgan fingerprint density at radius 2 is 1.46 bits per heavy atom. The van der Waals surface area contributed by atoms with Crippen LogP contribution in [0.1, 0.15) is 25.8 Å². The summed E-state index contributed by atoms with van der Waals surface area (Å²) in [6.07, 6.45) is 1.15. The molecule has 0 unspecified atom stereocenters. The van der Waals surface area contributed by atoms with Crippen molar-refractivity contribution < 1.29 is 43.8 Å². The average Bonchev–Trinajstić information content (AvgIpc) is 3.32. The van der Waals surface area contributed by atoms with Crippen LogP contribution in [0.5, 0.6) is 0 Å². The number of nitrogens with one attached hydrogen (secondary N) is 6. The zero-order valence-corrected chi connectivity index (χ0v) is 22.4. The topological polar surface area (TPSA) is 262 Å². The highest BCUT2D eigenvalue weighted by molar-refractivity contribution is 5.95. The summed E-state index contributed by atoms with van der Waals surface area (Å²) < 4.78 is 0. The van der Waals surface area contributed by atoms with Crippen molar-refractivity contribution in [3.8, 4) is 0 Å². The number of aromatic nitrogens is 1. The molecule has 0 aliphatic carbocycles. The van der Waals surface area contributed by atoms with E-state index in [-0.39, 0.29) is 6.42 Å². The Morgan fingerprint density at radius 3 is 2.12 bits per heavy atom.